The number of para-hydroxylation sites is 1. The van der Waals surface area contributed by atoms with Crippen LogP contribution in [0.5, 0.6) is 0 Å². The van der Waals surface area contributed by atoms with Crippen molar-refractivity contribution in [3.8, 4) is 0 Å². The number of amides is 8. The Morgan fingerprint density at radius 2 is 1.41 bits per heavy atom. The zero-order valence-electron chi connectivity index (χ0n) is 56.8. The van der Waals surface area contributed by atoms with Crippen molar-refractivity contribution in [2.45, 2.75) is 154 Å². The van der Waals surface area contributed by atoms with Crippen LogP contribution in [0.15, 0.2) is 78.9 Å². The van der Waals surface area contributed by atoms with E-state index in [0.717, 1.165) is 34.2 Å². The summed E-state index contributed by atoms with van der Waals surface area (Å²) in [5, 5.41) is 10.9. The SMILES string of the molecule is C[C@@H]1COCCN1C[C@H]1CN(C(=O)OC(C)(C)C)[C@H](C)CN1CC(=O)N1CC(C)(C(=O)NCC(=O)Nc2ccc3c(c2)CN(C(=O)[C@@H](NC(=O)[C@H](C)N(C)C(=O)OC(C)(C)C)C2CCOCC2)[C@H](C(=O)Nc2c(F)cccc2F)C3)c2ccc(Cc3ccc(F)cc3)cc21.Cl.Cl.Cl. The molecular weight excluding hydrogens is 1320 g/mol. The Bertz CT molecular complexity index is 3480. The number of rotatable bonds is 17. The van der Waals surface area contributed by atoms with Crippen molar-refractivity contribution in [2.24, 2.45) is 5.92 Å². The van der Waals surface area contributed by atoms with Crippen molar-refractivity contribution in [1.29, 1.82) is 0 Å². The average Bonchev–Trinajstić information content (AvgIpc) is 1.63. The van der Waals surface area contributed by atoms with Crippen molar-refractivity contribution in [3.05, 3.63) is 124 Å². The molecule has 5 heterocycles. The lowest BCUT2D eigenvalue weighted by Crippen LogP contribution is -2.64. The molecule has 97 heavy (non-hydrogen) atoms. The van der Waals surface area contributed by atoms with Gasteiger partial charge in [0.2, 0.25) is 35.4 Å². The van der Waals surface area contributed by atoms with E-state index in [1.807, 2.05) is 45.9 Å². The number of carbonyl (C=O) groups excluding carboxylic acids is 8. The van der Waals surface area contributed by atoms with Crippen LogP contribution in [0.25, 0.3) is 0 Å². The highest BCUT2D eigenvalue weighted by Gasteiger charge is 2.49. The van der Waals surface area contributed by atoms with Gasteiger partial charge in [0.25, 0.3) is 0 Å². The zero-order valence-corrected chi connectivity index (χ0v) is 59.3. The first kappa shape index (κ1) is 78.7. The van der Waals surface area contributed by atoms with E-state index in [2.05, 4.69) is 38.0 Å². The van der Waals surface area contributed by atoms with Gasteiger partial charge >= 0.3 is 12.2 Å². The Hall–Kier alpha value is -7.26. The van der Waals surface area contributed by atoms with Crippen LogP contribution in [-0.4, -0.2) is 199 Å². The number of hydrogen-bond donors (Lipinski definition) is 4. The predicted octanol–water partition coefficient (Wildman–Crippen LogP) is 8.41. The lowest BCUT2D eigenvalue weighted by Gasteiger charge is -2.47. The molecule has 22 nitrogen and oxygen atoms in total. The number of carbonyl (C=O) groups is 8. The van der Waals surface area contributed by atoms with Gasteiger partial charge in [0.15, 0.2) is 0 Å². The molecule has 5 aliphatic heterocycles. The minimum Gasteiger partial charge on any atom is -0.444 e. The molecule has 8 amide bonds. The van der Waals surface area contributed by atoms with Crippen LogP contribution in [0.3, 0.4) is 0 Å². The fourth-order valence-corrected chi connectivity index (χ4v) is 12.8. The summed E-state index contributed by atoms with van der Waals surface area (Å²) in [4.78, 5) is 125. The van der Waals surface area contributed by atoms with Gasteiger partial charge in [-0.05, 0) is 165 Å². The summed E-state index contributed by atoms with van der Waals surface area (Å²) in [5.74, 6) is -6.70. The standard InChI is InChI=1S/C69H89F3N10O12.3ClH/c1-41-34-79(51(36-78-25-28-92-39-42(78)2)37-80(41)66(90)94-68(7,8)9)38-58(84)82-40-69(10,52-22-17-45(30-55(52)82)29-44-15-19-49(70)20-16-44)64(88)73-33-57(83)74-50-21-18-47-32-56(62(86)76-60-53(71)13-12-14-54(60)72)81(35-48(47)31-50)63(87)59(46-23-26-91-27-24-46)75-61(85)43(3)77(11)65(89)93-67(4,5)6;;;/h12-22,30-31,41-43,46,51,56,59H,23-29,32-40H2,1-11H3,(H,73,88)(H,74,83)(H,75,85)(H,76,86);3*1H/t41-,42-,43+,51+,56+,59+,69?;;;/m1.../s1. The first-order valence-electron chi connectivity index (χ1n) is 32.2. The first-order chi connectivity index (χ1) is 44.4. The highest BCUT2D eigenvalue weighted by Crippen LogP contribution is 2.43. The Morgan fingerprint density at radius 3 is 2.06 bits per heavy atom. The number of halogens is 6. The normalized spacial score (nSPS) is 21.2. The lowest BCUT2D eigenvalue weighted by atomic mass is 9.83. The molecule has 4 aromatic rings. The van der Waals surface area contributed by atoms with Crippen molar-refractivity contribution in [1.82, 2.24) is 35.1 Å². The minimum absolute atomic E-state index is 0. The van der Waals surface area contributed by atoms with E-state index >= 15 is 18.4 Å². The summed E-state index contributed by atoms with van der Waals surface area (Å²) in [6.45, 7) is 20.3. The molecule has 9 rings (SSSR count). The molecule has 0 radical (unpaired) electrons. The number of hydrogen-bond acceptors (Lipinski definition) is 14. The number of morpholine rings is 1. The summed E-state index contributed by atoms with van der Waals surface area (Å²) in [6, 6.07) is 15.4. The summed E-state index contributed by atoms with van der Waals surface area (Å²) < 4.78 is 66.9. The number of anilines is 3. The first-order valence-corrected chi connectivity index (χ1v) is 32.2. The fraction of sp³-hybridized carbons (Fsp3) is 0.536. The number of nitrogens with one attached hydrogen (secondary N) is 4. The molecule has 3 saturated heterocycles. The summed E-state index contributed by atoms with van der Waals surface area (Å²) >= 11 is 0. The second-order valence-corrected chi connectivity index (χ2v) is 27.6. The summed E-state index contributed by atoms with van der Waals surface area (Å²) in [5.41, 5.74) is 0.326. The van der Waals surface area contributed by atoms with Gasteiger partial charge in [0.05, 0.1) is 31.7 Å². The van der Waals surface area contributed by atoms with Crippen molar-refractivity contribution >= 4 is 102 Å². The Labute approximate surface area is 583 Å². The maximum atomic E-state index is 15.3. The number of fused-ring (bicyclic) bond motifs is 2. The maximum absolute atomic E-state index is 15.3. The second-order valence-electron chi connectivity index (χ2n) is 27.6. The summed E-state index contributed by atoms with van der Waals surface area (Å²) in [6.07, 6.45) is -0.274. The topological polar surface area (TPSA) is 241 Å². The van der Waals surface area contributed by atoms with Crippen LogP contribution in [-0.2, 0) is 72.5 Å². The average molecular weight is 1420 g/mol. The van der Waals surface area contributed by atoms with E-state index < -0.39 is 106 Å². The van der Waals surface area contributed by atoms with Gasteiger partial charge in [0, 0.05) is 95.5 Å². The molecule has 4 N–H and O–H groups in total. The third kappa shape index (κ3) is 19.4. The molecule has 0 saturated carbocycles. The van der Waals surface area contributed by atoms with Crippen LogP contribution in [0.4, 0.5) is 39.8 Å². The molecule has 1 unspecified atom stereocenters. The number of piperazine rings is 1. The molecule has 4 aromatic carbocycles. The highest BCUT2D eigenvalue weighted by atomic mass is 35.5. The third-order valence-corrected chi connectivity index (χ3v) is 18.2. The number of ether oxygens (including phenoxy) is 4. The van der Waals surface area contributed by atoms with Crippen LogP contribution in [0.1, 0.15) is 110 Å². The monoisotopic (exact) mass is 1410 g/mol. The molecule has 0 bridgehead atoms. The predicted molar refractivity (Wildman–Crippen MR) is 367 cm³/mol. The molecule has 0 aliphatic carbocycles. The van der Waals surface area contributed by atoms with Gasteiger partial charge in [-0.1, -0.05) is 36.4 Å². The van der Waals surface area contributed by atoms with E-state index in [9.17, 15) is 33.2 Å². The second kappa shape index (κ2) is 33.1. The van der Waals surface area contributed by atoms with Crippen LogP contribution in [0.2, 0.25) is 0 Å². The lowest BCUT2D eigenvalue weighted by molar-refractivity contribution is -0.146. The van der Waals surface area contributed by atoms with Gasteiger partial charge in [-0.2, -0.15) is 0 Å². The maximum Gasteiger partial charge on any atom is 0.410 e. The minimum atomic E-state index is -1.37. The molecule has 5 aliphatic rings. The quantitative estimate of drug-likeness (QED) is 0.0776. The van der Waals surface area contributed by atoms with Crippen LogP contribution >= 0.6 is 37.2 Å². The molecule has 7 atom stereocenters. The molecular formula is C69H92Cl3F3N10O12. The van der Waals surface area contributed by atoms with Gasteiger partial charge < -0.3 is 54.9 Å². The van der Waals surface area contributed by atoms with E-state index in [4.69, 9.17) is 18.9 Å². The zero-order chi connectivity index (χ0) is 68.1. The van der Waals surface area contributed by atoms with Crippen LogP contribution < -0.4 is 26.2 Å². The van der Waals surface area contributed by atoms with Crippen molar-refractivity contribution in [3.63, 3.8) is 0 Å². The smallest absolute Gasteiger partial charge is 0.410 e. The van der Waals surface area contributed by atoms with Gasteiger partial charge in [-0.3, -0.25) is 43.5 Å². The summed E-state index contributed by atoms with van der Waals surface area (Å²) in [7, 11) is 1.39. The van der Waals surface area contributed by atoms with E-state index in [-0.39, 0.29) is 112 Å². The number of nitrogens with zero attached hydrogens (tertiary/aromatic N) is 6. The molecule has 3 fully saturated rings. The molecule has 532 valence electrons. The van der Waals surface area contributed by atoms with Crippen molar-refractivity contribution < 1.29 is 70.5 Å². The highest BCUT2D eigenvalue weighted by molar-refractivity contribution is 6.04. The van der Waals surface area contributed by atoms with Gasteiger partial charge in [0.1, 0.15) is 52.5 Å². The number of likely N-dealkylation sites (N-methyl/N-ethyl adjacent to an activating group) is 1. The molecule has 28 heteroatoms. The Kier molecular flexibility index (Phi) is 26.8. The van der Waals surface area contributed by atoms with Crippen molar-refractivity contribution in [2.75, 3.05) is 94.8 Å². The molecule has 0 aromatic heterocycles. The molecule has 0 spiro atoms. The van der Waals surface area contributed by atoms with E-state index in [0.29, 0.717) is 81.0 Å². The van der Waals surface area contributed by atoms with E-state index in [1.165, 1.54) is 31.0 Å². The fourth-order valence-electron chi connectivity index (χ4n) is 12.8. The van der Waals surface area contributed by atoms with E-state index in [1.54, 1.807) is 67.8 Å². The Morgan fingerprint density at radius 1 is 0.753 bits per heavy atom. The van der Waals surface area contributed by atoms with Crippen LogP contribution in [0, 0.1) is 23.4 Å². The Balaban J connectivity index is 0.00000495. The van der Waals surface area contributed by atoms with Gasteiger partial charge in [-0.25, -0.2) is 22.8 Å². The van der Waals surface area contributed by atoms with Gasteiger partial charge in [-0.15, -0.1) is 37.2 Å². The largest absolute Gasteiger partial charge is 0.444 e. The number of benzene rings is 4. The third-order valence-electron chi connectivity index (χ3n) is 18.2.